The van der Waals surface area contributed by atoms with E-state index in [1.807, 2.05) is 0 Å². The van der Waals surface area contributed by atoms with E-state index in [1.165, 1.54) is 88.3 Å². The van der Waals surface area contributed by atoms with Crippen molar-refractivity contribution in [1.82, 2.24) is 0 Å². The van der Waals surface area contributed by atoms with Gasteiger partial charge in [0.2, 0.25) is 0 Å². The lowest BCUT2D eigenvalue weighted by molar-refractivity contribution is -0.946. The van der Waals surface area contributed by atoms with Gasteiger partial charge in [-0.05, 0) is 40.0 Å². The van der Waals surface area contributed by atoms with Crippen LogP contribution in [0.4, 0.5) is 0 Å². The van der Waals surface area contributed by atoms with Crippen molar-refractivity contribution in [2.75, 3.05) is 19.6 Å². The highest BCUT2D eigenvalue weighted by molar-refractivity contribution is 4.56. The molecule has 0 fully saturated rings. The van der Waals surface area contributed by atoms with E-state index in [2.05, 4.69) is 34.6 Å². The third-order valence-corrected chi connectivity index (χ3v) is 5.34. The molecule has 1 heteroatoms. The lowest BCUT2D eigenvalue weighted by Crippen LogP contribution is -2.54. The fraction of sp³-hybridized carbons (Fsp3) is 1.00. The van der Waals surface area contributed by atoms with Crippen LogP contribution in [0.25, 0.3) is 0 Å². The second-order valence-electron chi connectivity index (χ2n) is 6.69. The maximum absolute atomic E-state index is 2.49. The summed E-state index contributed by atoms with van der Waals surface area (Å²) < 4.78 is 1.34. The predicted octanol–water partition coefficient (Wildman–Crippen LogP) is 6.17. The number of quaternary nitrogens is 1. The van der Waals surface area contributed by atoms with Gasteiger partial charge in [0.1, 0.15) is 0 Å². The fourth-order valence-corrected chi connectivity index (χ4v) is 3.68. The molecule has 1 nitrogen and oxygen atoms in total. The van der Waals surface area contributed by atoms with Gasteiger partial charge in [-0.2, -0.15) is 0 Å². The molecule has 0 bridgehead atoms. The molecule has 0 aliphatic rings. The van der Waals surface area contributed by atoms with Gasteiger partial charge >= 0.3 is 0 Å². The third kappa shape index (κ3) is 7.67. The SMILES string of the molecule is CCCCCCCCCCC(C)[N+](CC)(CC)CCC. The summed E-state index contributed by atoms with van der Waals surface area (Å²) in [5, 5.41) is 0. The van der Waals surface area contributed by atoms with E-state index < -0.39 is 0 Å². The minimum atomic E-state index is 0.852. The Morgan fingerprint density at radius 3 is 1.60 bits per heavy atom. The molecule has 0 radical (unpaired) electrons. The van der Waals surface area contributed by atoms with Gasteiger partial charge in [0.15, 0.2) is 0 Å². The molecule has 0 N–H and O–H groups in total. The van der Waals surface area contributed by atoms with Gasteiger partial charge in [0.05, 0.1) is 25.7 Å². The average Bonchev–Trinajstić information content (AvgIpc) is 2.47. The Morgan fingerprint density at radius 1 is 0.650 bits per heavy atom. The van der Waals surface area contributed by atoms with Crippen LogP contribution in [-0.2, 0) is 0 Å². The summed E-state index contributed by atoms with van der Waals surface area (Å²) in [6.45, 7) is 15.9. The molecule has 0 amide bonds. The van der Waals surface area contributed by atoms with Crippen molar-refractivity contribution in [2.24, 2.45) is 0 Å². The summed E-state index contributed by atoms with van der Waals surface area (Å²) in [6, 6.07) is 0.852. The Labute approximate surface area is 129 Å². The maximum atomic E-state index is 2.49. The quantitative estimate of drug-likeness (QED) is 0.264. The molecule has 0 aliphatic heterocycles. The van der Waals surface area contributed by atoms with Gasteiger partial charge in [-0.3, -0.25) is 0 Å². The van der Waals surface area contributed by atoms with Crippen LogP contribution >= 0.6 is 0 Å². The molecule has 0 saturated heterocycles. The predicted molar refractivity (Wildman–Crippen MR) is 93.2 cm³/mol. The first-order valence-electron chi connectivity index (χ1n) is 9.52. The highest BCUT2D eigenvalue weighted by atomic mass is 15.4. The van der Waals surface area contributed by atoms with Gasteiger partial charge in [-0.1, -0.05) is 58.8 Å². The third-order valence-electron chi connectivity index (χ3n) is 5.34. The van der Waals surface area contributed by atoms with Crippen molar-refractivity contribution in [3.05, 3.63) is 0 Å². The Hall–Kier alpha value is -0.0400. The van der Waals surface area contributed by atoms with Crippen LogP contribution in [0.1, 0.15) is 98.8 Å². The van der Waals surface area contributed by atoms with Gasteiger partial charge in [0, 0.05) is 0 Å². The number of unbranched alkanes of at least 4 members (excludes halogenated alkanes) is 7. The summed E-state index contributed by atoms with van der Waals surface area (Å²) >= 11 is 0. The summed E-state index contributed by atoms with van der Waals surface area (Å²) in [6.07, 6.45) is 14.3. The molecule has 0 aromatic heterocycles. The smallest absolute Gasteiger partial charge is 0.0861 e. The minimum absolute atomic E-state index is 0.852. The van der Waals surface area contributed by atoms with Crippen LogP contribution in [0.3, 0.4) is 0 Å². The van der Waals surface area contributed by atoms with E-state index in [9.17, 15) is 0 Å². The van der Waals surface area contributed by atoms with Crippen LogP contribution < -0.4 is 0 Å². The largest absolute Gasteiger partial charge is 0.322 e. The molecule has 20 heavy (non-hydrogen) atoms. The van der Waals surface area contributed by atoms with Crippen molar-refractivity contribution in [3.8, 4) is 0 Å². The van der Waals surface area contributed by atoms with Crippen LogP contribution in [-0.4, -0.2) is 30.2 Å². The van der Waals surface area contributed by atoms with Gasteiger partial charge in [-0.15, -0.1) is 0 Å². The Kier molecular flexibility index (Phi) is 12.7. The second kappa shape index (κ2) is 12.7. The number of hydrogen-bond acceptors (Lipinski definition) is 0. The minimum Gasteiger partial charge on any atom is -0.322 e. The van der Waals surface area contributed by atoms with E-state index in [4.69, 9.17) is 0 Å². The van der Waals surface area contributed by atoms with Crippen molar-refractivity contribution in [3.63, 3.8) is 0 Å². The summed E-state index contributed by atoms with van der Waals surface area (Å²) in [5.74, 6) is 0. The molecular weight excluding hydrogens is 242 g/mol. The number of nitrogens with zero attached hydrogens (tertiary/aromatic N) is 1. The Morgan fingerprint density at radius 2 is 1.15 bits per heavy atom. The molecule has 0 rings (SSSR count). The molecule has 0 aliphatic carbocycles. The van der Waals surface area contributed by atoms with Crippen molar-refractivity contribution in [2.45, 2.75) is 105 Å². The van der Waals surface area contributed by atoms with Crippen molar-refractivity contribution < 1.29 is 4.48 Å². The molecule has 0 saturated carbocycles. The fourth-order valence-electron chi connectivity index (χ4n) is 3.68. The van der Waals surface area contributed by atoms with E-state index in [-0.39, 0.29) is 0 Å². The van der Waals surface area contributed by atoms with Gasteiger partial charge < -0.3 is 4.48 Å². The zero-order valence-electron chi connectivity index (χ0n) is 15.2. The normalized spacial score (nSPS) is 13.7. The van der Waals surface area contributed by atoms with Gasteiger partial charge in [0.25, 0.3) is 0 Å². The first kappa shape index (κ1) is 20.0. The average molecular weight is 285 g/mol. The molecule has 0 aromatic rings. The maximum Gasteiger partial charge on any atom is 0.0861 e. The molecule has 0 aromatic carbocycles. The highest BCUT2D eigenvalue weighted by Gasteiger charge is 2.28. The van der Waals surface area contributed by atoms with E-state index in [0.29, 0.717) is 0 Å². The van der Waals surface area contributed by atoms with Crippen molar-refractivity contribution in [1.29, 1.82) is 0 Å². The lowest BCUT2D eigenvalue weighted by Gasteiger charge is -2.42. The Balaban J connectivity index is 3.76. The zero-order chi connectivity index (χ0) is 15.3. The molecule has 122 valence electrons. The molecule has 0 spiro atoms. The lowest BCUT2D eigenvalue weighted by atomic mass is 10.0. The molecule has 0 heterocycles. The summed E-state index contributed by atoms with van der Waals surface area (Å²) in [7, 11) is 0. The topological polar surface area (TPSA) is 0 Å². The first-order chi connectivity index (χ1) is 9.66. The first-order valence-corrected chi connectivity index (χ1v) is 9.52. The van der Waals surface area contributed by atoms with E-state index >= 15 is 0 Å². The number of rotatable bonds is 14. The summed E-state index contributed by atoms with van der Waals surface area (Å²) in [5.41, 5.74) is 0. The molecule has 1 atom stereocenters. The van der Waals surface area contributed by atoms with Crippen LogP contribution in [0, 0.1) is 0 Å². The van der Waals surface area contributed by atoms with Crippen LogP contribution in [0.15, 0.2) is 0 Å². The summed E-state index contributed by atoms with van der Waals surface area (Å²) in [4.78, 5) is 0. The Bertz CT molecular complexity index is 196. The standard InChI is InChI=1S/C19H42N/c1-6-10-11-12-13-14-15-16-17-19(5)20(8-3,9-4)18-7-2/h19H,6-18H2,1-5H3/q+1. The van der Waals surface area contributed by atoms with Crippen molar-refractivity contribution >= 4 is 0 Å². The molecule has 1 unspecified atom stereocenters. The van der Waals surface area contributed by atoms with Crippen LogP contribution in [0.2, 0.25) is 0 Å². The number of hydrogen-bond donors (Lipinski definition) is 0. The monoisotopic (exact) mass is 284 g/mol. The second-order valence-corrected chi connectivity index (χ2v) is 6.69. The van der Waals surface area contributed by atoms with E-state index in [1.54, 1.807) is 0 Å². The zero-order valence-corrected chi connectivity index (χ0v) is 15.2. The highest BCUT2D eigenvalue weighted by Crippen LogP contribution is 2.20. The van der Waals surface area contributed by atoms with Gasteiger partial charge in [-0.25, -0.2) is 0 Å². The van der Waals surface area contributed by atoms with Crippen LogP contribution in [0.5, 0.6) is 0 Å². The van der Waals surface area contributed by atoms with E-state index in [0.717, 1.165) is 6.04 Å². The molecular formula is C19H42N+.